The molecule has 1 saturated heterocycles. The first-order valence-corrected chi connectivity index (χ1v) is 30.2. The Balaban J connectivity index is 2.31. The molecule has 1 aliphatic rings. The van der Waals surface area contributed by atoms with Crippen molar-refractivity contribution in [2.75, 3.05) is 19.0 Å². The Bertz CT molecular complexity index is 1420. The summed E-state index contributed by atoms with van der Waals surface area (Å²) in [6.45, 7) is 3.78. The standard InChI is InChI=1S/C57H104O12S/c1-3-5-7-9-11-13-15-17-19-21-23-24-25-26-28-29-31-33-35-37-39-41-43-45-52(58)66-47-50(48-67-57-56(62)55(61)54(60)51(69-57)49-70(63,64)65)68-53(59)46-44-42-40-38-36-34-32-30-27-22-20-18-16-14-12-10-8-6-4-2/h12,14,18,20-21,23,50-51,54-57,60-62H,3-11,13,15-17,19,22,24-49H2,1-2H3,(H,63,64,65)/b14-12-,20-18-,23-21-. The van der Waals surface area contributed by atoms with E-state index in [1.165, 1.54) is 161 Å². The molecule has 70 heavy (non-hydrogen) atoms. The summed E-state index contributed by atoms with van der Waals surface area (Å²) < 4.78 is 54.4. The van der Waals surface area contributed by atoms with Crippen molar-refractivity contribution in [2.24, 2.45) is 0 Å². The lowest BCUT2D eigenvalue weighted by Gasteiger charge is -2.40. The van der Waals surface area contributed by atoms with Crippen molar-refractivity contribution in [1.29, 1.82) is 0 Å². The normalized spacial score (nSPS) is 19.2. The van der Waals surface area contributed by atoms with Crippen molar-refractivity contribution < 1.29 is 56.8 Å². The van der Waals surface area contributed by atoms with Crippen LogP contribution >= 0.6 is 0 Å². The number of allylic oxidation sites excluding steroid dienone is 6. The van der Waals surface area contributed by atoms with Crippen LogP contribution in [-0.4, -0.2) is 96.0 Å². The van der Waals surface area contributed by atoms with Crippen molar-refractivity contribution >= 4 is 22.1 Å². The van der Waals surface area contributed by atoms with Crippen LogP contribution in [0.4, 0.5) is 0 Å². The summed E-state index contributed by atoms with van der Waals surface area (Å²) in [7, 11) is -4.61. The highest BCUT2D eigenvalue weighted by atomic mass is 32.2. The average Bonchev–Trinajstić information content (AvgIpc) is 3.33. The van der Waals surface area contributed by atoms with Crippen molar-refractivity contribution in [1.82, 2.24) is 0 Å². The number of carbonyl (C=O) groups is 2. The largest absolute Gasteiger partial charge is 0.462 e. The molecular formula is C57H104O12S. The molecule has 1 heterocycles. The Morgan fingerprint density at radius 2 is 0.857 bits per heavy atom. The van der Waals surface area contributed by atoms with Gasteiger partial charge in [-0.05, 0) is 70.6 Å². The molecule has 6 unspecified atom stereocenters. The fourth-order valence-electron chi connectivity index (χ4n) is 8.76. The first-order chi connectivity index (χ1) is 34.0. The van der Waals surface area contributed by atoms with Crippen LogP contribution in [0, 0.1) is 0 Å². The summed E-state index contributed by atoms with van der Waals surface area (Å²) in [5.41, 5.74) is 0. The van der Waals surface area contributed by atoms with Gasteiger partial charge in [-0.2, -0.15) is 8.42 Å². The van der Waals surface area contributed by atoms with E-state index in [9.17, 15) is 37.9 Å². The van der Waals surface area contributed by atoms with Crippen LogP contribution in [0.3, 0.4) is 0 Å². The van der Waals surface area contributed by atoms with Crippen molar-refractivity contribution in [2.45, 2.75) is 295 Å². The Hall–Kier alpha value is -2.13. The van der Waals surface area contributed by atoms with E-state index in [1.807, 2.05) is 0 Å². The Kier molecular flexibility index (Phi) is 43.9. The Morgan fingerprint density at radius 1 is 0.486 bits per heavy atom. The molecule has 0 radical (unpaired) electrons. The molecule has 12 nitrogen and oxygen atoms in total. The molecule has 13 heteroatoms. The van der Waals surface area contributed by atoms with Crippen LogP contribution in [-0.2, 0) is 38.7 Å². The predicted molar refractivity (Wildman–Crippen MR) is 284 cm³/mol. The number of aliphatic hydroxyl groups is 3. The predicted octanol–water partition coefficient (Wildman–Crippen LogP) is 13.7. The molecule has 0 amide bonds. The second kappa shape index (κ2) is 46.6. The first-order valence-electron chi connectivity index (χ1n) is 28.5. The molecule has 0 spiro atoms. The maximum Gasteiger partial charge on any atom is 0.306 e. The molecule has 0 saturated carbocycles. The van der Waals surface area contributed by atoms with Gasteiger partial charge in [0.2, 0.25) is 0 Å². The molecule has 0 aliphatic carbocycles. The van der Waals surface area contributed by atoms with Gasteiger partial charge in [-0.3, -0.25) is 14.1 Å². The fourth-order valence-corrected chi connectivity index (χ4v) is 9.45. The van der Waals surface area contributed by atoms with Gasteiger partial charge >= 0.3 is 11.9 Å². The SMILES string of the molecule is CCCCC/C=C\C/C=C\CCCCCCCCCCCC(=O)OC(COC(=O)CCCCCCCCCCCCC/C=C\CCCCCCCCCC)COC1OC(CS(=O)(=O)O)C(O)C(O)C1O. The van der Waals surface area contributed by atoms with Crippen LogP contribution in [0.1, 0.15) is 258 Å². The Morgan fingerprint density at radius 3 is 1.30 bits per heavy atom. The quantitative estimate of drug-likeness (QED) is 0.0196. The van der Waals surface area contributed by atoms with E-state index in [0.717, 1.165) is 57.8 Å². The van der Waals surface area contributed by atoms with Gasteiger partial charge in [0.1, 0.15) is 36.8 Å². The number of carbonyl (C=O) groups excluding carboxylic acids is 2. The maximum atomic E-state index is 12.9. The third kappa shape index (κ3) is 40.4. The molecule has 1 aliphatic heterocycles. The highest BCUT2D eigenvalue weighted by Crippen LogP contribution is 2.24. The van der Waals surface area contributed by atoms with Crippen LogP contribution < -0.4 is 0 Å². The van der Waals surface area contributed by atoms with Crippen LogP contribution in [0.25, 0.3) is 0 Å². The van der Waals surface area contributed by atoms with Crippen molar-refractivity contribution in [3.8, 4) is 0 Å². The van der Waals surface area contributed by atoms with Gasteiger partial charge in [0, 0.05) is 12.8 Å². The van der Waals surface area contributed by atoms with E-state index in [2.05, 4.69) is 50.3 Å². The smallest absolute Gasteiger partial charge is 0.306 e. The molecule has 0 aromatic carbocycles. The summed E-state index contributed by atoms with van der Waals surface area (Å²) >= 11 is 0. The molecule has 0 aromatic rings. The molecule has 1 fully saturated rings. The monoisotopic (exact) mass is 1010 g/mol. The molecule has 1 rings (SSSR count). The van der Waals surface area contributed by atoms with Gasteiger partial charge in [0.25, 0.3) is 10.1 Å². The van der Waals surface area contributed by atoms with Gasteiger partial charge in [0.05, 0.1) is 6.61 Å². The van der Waals surface area contributed by atoms with Crippen LogP contribution in [0.5, 0.6) is 0 Å². The van der Waals surface area contributed by atoms with E-state index in [1.54, 1.807) is 0 Å². The zero-order valence-corrected chi connectivity index (χ0v) is 45.2. The minimum atomic E-state index is -4.61. The number of hydrogen-bond donors (Lipinski definition) is 4. The van der Waals surface area contributed by atoms with Gasteiger partial charge < -0.3 is 34.3 Å². The van der Waals surface area contributed by atoms with Crippen molar-refractivity contribution in [3.63, 3.8) is 0 Å². The van der Waals surface area contributed by atoms with E-state index >= 15 is 0 Å². The topological polar surface area (TPSA) is 186 Å². The van der Waals surface area contributed by atoms with Gasteiger partial charge in [0.15, 0.2) is 12.4 Å². The maximum absolute atomic E-state index is 12.9. The summed E-state index contributed by atoms with van der Waals surface area (Å²) in [4.78, 5) is 25.6. The average molecular weight is 1010 g/mol. The number of ether oxygens (including phenoxy) is 4. The third-order valence-electron chi connectivity index (χ3n) is 13.2. The molecule has 410 valence electrons. The third-order valence-corrected chi connectivity index (χ3v) is 13.9. The summed E-state index contributed by atoms with van der Waals surface area (Å²) in [5.74, 6) is -1.98. The molecule has 4 N–H and O–H groups in total. The van der Waals surface area contributed by atoms with E-state index in [4.69, 9.17) is 18.9 Å². The second-order valence-electron chi connectivity index (χ2n) is 19.9. The minimum absolute atomic E-state index is 0.161. The highest BCUT2D eigenvalue weighted by Gasteiger charge is 2.46. The second-order valence-corrected chi connectivity index (χ2v) is 21.4. The lowest BCUT2D eigenvalue weighted by Crippen LogP contribution is -2.60. The lowest BCUT2D eigenvalue weighted by molar-refractivity contribution is -0.297. The summed E-state index contributed by atoms with van der Waals surface area (Å²) in [6, 6.07) is 0. The van der Waals surface area contributed by atoms with E-state index in [-0.39, 0.29) is 19.4 Å². The number of unbranched alkanes of at least 4 members (excludes halogenated alkanes) is 31. The van der Waals surface area contributed by atoms with Crippen LogP contribution in [0.2, 0.25) is 0 Å². The number of hydrogen-bond acceptors (Lipinski definition) is 11. The number of esters is 2. The highest BCUT2D eigenvalue weighted by molar-refractivity contribution is 7.85. The van der Waals surface area contributed by atoms with Gasteiger partial charge in [-0.1, -0.05) is 211 Å². The minimum Gasteiger partial charge on any atom is -0.462 e. The fraction of sp³-hybridized carbons (Fsp3) is 0.860. The molecule has 6 atom stereocenters. The van der Waals surface area contributed by atoms with E-state index < -0.39 is 71.2 Å². The molecule has 0 bridgehead atoms. The van der Waals surface area contributed by atoms with Crippen molar-refractivity contribution in [3.05, 3.63) is 36.5 Å². The summed E-state index contributed by atoms with van der Waals surface area (Å²) in [6.07, 6.45) is 47.5. The first kappa shape index (κ1) is 65.9. The molecule has 0 aromatic heterocycles. The van der Waals surface area contributed by atoms with Crippen LogP contribution in [0.15, 0.2) is 36.5 Å². The van der Waals surface area contributed by atoms with Gasteiger partial charge in [-0.15, -0.1) is 0 Å². The zero-order valence-electron chi connectivity index (χ0n) is 44.4. The van der Waals surface area contributed by atoms with Gasteiger partial charge in [-0.25, -0.2) is 0 Å². The molecular weight excluding hydrogens is 909 g/mol. The number of rotatable bonds is 49. The summed E-state index contributed by atoms with van der Waals surface area (Å²) in [5, 5.41) is 31.0. The Labute approximate surface area is 427 Å². The zero-order chi connectivity index (χ0) is 51.2. The van der Waals surface area contributed by atoms with E-state index in [0.29, 0.717) is 12.8 Å². The lowest BCUT2D eigenvalue weighted by atomic mass is 10.00. The number of aliphatic hydroxyl groups excluding tert-OH is 3.